The number of amides is 1. The van der Waals surface area contributed by atoms with E-state index in [1.54, 1.807) is 30.3 Å². The first kappa shape index (κ1) is 21.1. The van der Waals surface area contributed by atoms with E-state index in [0.29, 0.717) is 23.4 Å². The van der Waals surface area contributed by atoms with Gasteiger partial charge in [-0.05, 0) is 17.7 Å². The van der Waals surface area contributed by atoms with Gasteiger partial charge in [0.25, 0.3) is 0 Å². The fourth-order valence-corrected chi connectivity index (χ4v) is 3.24. The van der Waals surface area contributed by atoms with E-state index in [1.807, 2.05) is 12.1 Å². The second-order valence-electron chi connectivity index (χ2n) is 6.84. The first-order valence-electron chi connectivity index (χ1n) is 9.31. The van der Waals surface area contributed by atoms with E-state index in [-0.39, 0.29) is 31.7 Å². The smallest absolute Gasteiger partial charge is 0.414 e. The van der Waals surface area contributed by atoms with Crippen molar-refractivity contribution in [2.24, 2.45) is 5.73 Å². The third-order valence-corrected chi connectivity index (χ3v) is 4.63. The van der Waals surface area contributed by atoms with Crippen molar-refractivity contribution in [1.82, 2.24) is 0 Å². The number of carbonyl (C=O) groups is 3. The number of cyclic esters (lactones) is 1. The quantitative estimate of drug-likeness (QED) is 0.564. The number of nitrogens with zero attached hydrogens (tertiary/aromatic N) is 1. The molecule has 2 aromatic carbocycles. The number of benzene rings is 2. The van der Waals surface area contributed by atoms with Crippen molar-refractivity contribution in [2.45, 2.75) is 25.5 Å². The van der Waals surface area contributed by atoms with Crippen LogP contribution in [0.4, 0.5) is 10.5 Å². The maximum Gasteiger partial charge on any atom is 0.414 e. The third-order valence-electron chi connectivity index (χ3n) is 4.63. The largest absolute Gasteiger partial charge is 0.489 e. The van der Waals surface area contributed by atoms with Crippen LogP contribution in [0.1, 0.15) is 16.7 Å². The summed E-state index contributed by atoms with van der Waals surface area (Å²) in [5.74, 6) is -1.93. The Balaban J connectivity index is 1.72. The van der Waals surface area contributed by atoms with Crippen LogP contribution in [0.15, 0.2) is 42.5 Å². The molecule has 0 bridgehead atoms. The van der Waals surface area contributed by atoms with Gasteiger partial charge in [-0.3, -0.25) is 14.5 Å². The molecule has 30 heavy (non-hydrogen) atoms. The molecule has 3 rings (SSSR count). The minimum Gasteiger partial charge on any atom is -0.489 e. The Kier molecular flexibility index (Phi) is 6.53. The summed E-state index contributed by atoms with van der Waals surface area (Å²) in [6, 6.07) is 11.9. The van der Waals surface area contributed by atoms with Gasteiger partial charge in [-0.25, -0.2) is 4.79 Å². The van der Waals surface area contributed by atoms with Crippen LogP contribution >= 0.6 is 0 Å². The molecule has 9 nitrogen and oxygen atoms in total. The van der Waals surface area contributed by atoms with Gasteiger partial charge >= 0.3 is 18.0 Å². The van der Waals surface area contributed by atoms with Crippen LogP contribution in [0.3, 0.4) is 0 Å². The number of carboxylic acid groups (broad SMARTS) is 2. The lowest BCUT2D eigenvalue weighted by Crippen LogP contribution is -2.27. The van der Waals surface area contributed by atoms with Crippen molar-refractivity contribution in [3.05, 3.63) is 59.2 Å². The predicted molar refractivity (Wildman–Crippen MR) is 107 cm³/mol. The maximum absolute atomic E-state index is 12.2. The fraction of sp³-hybridized carbons (Fsp3) is 0.286. The van der Waals surface area contributed by atoms with Crippen molar-refractivity contribution < 1.29 is 34.1 Å². The molecule has 2 aromatic rings. The highest BCUT2D eigenvalue weighted by atomic mass is 16.6. The zero-order valence-corrected chi connectivity index (χ0v) is 16.1. The average Bonchev–Trinajstić information content (AvgIpc) is 3.07. The molecule has 1 unspecified atom stereocenters. The lowest BCUT2D eigenvalue weighted by Gasteiger charge is -2.17. The number of aliphatic carboxylic acids is 2. The zero-order chi connectivity index (χ0) is 21.7. The van der Waals surface area contributed by atoms with Crippen molar-refractivity contribution in [1.29, 1.82) is 0 Å². The molecule has 0 spiro atoms. The maximum atomic E-state index is 12.2. The number of nitrogens with two attached hydrogens (primary N) is 1. The molecule has 1 fully saturated rings. The highest BCUT2D eigenvalue weighted by Crippen LogP contribution is 2.27. The lowest BCUT2D eigenvalue weighted by molar-refractivity contribution is -0.137. The van der Waals surface area contributed by atoms with Crippen LogP contribution in [-0.4, -0.2) is 47.5 Å². The molecular formula is C21H22N2O7. The van der Waals surface area contributed by atoms with Gasteiger partial charge in [-0.15, -0.1) is 0 Å². The zero-order valence-electron chi connectivity index (χ0n) is 16.1. The molecule has 0 aromatic heterocycles. The summed E-state index contributed by atoms with van der Waals surface area (Å²) >= 11 is 0. The molecule has 1 aliphatic rings. The highest BCUT2D eigenvalue weighted by Gasteiger charge is 2.33. The van der Waals surface area contributed by atoms with Crippen molar-refractivity contribution in [3.8, 4) is 5.75 Å². The normalized spacial score (nSPS) is 15.7. The number of anilines is 1. The van der Waals surface area contributed by atoms with E-state index >= 15 is 0 Å². The molecule has 1 aliphatic heterocycles. The van der Waals surface area contributed by atoms with E-state index in [2.05, 4.69) is 0 Å². The second kappa shape index (κ2) is 9.27. The highest BCUT2D eigenvalue weighted by molar-refractivity contribution is 5.89. The average molecular weight is 414 g/mol. The summed E-state index contributed by atoms with van der Waals surface area (Å²) in [5, 5.41) is 18.2. The number of rotatable bonds is 9. The Hall–Kier alpha value is -3.59. The van der Waals surface area contributed by atoms with E-state index in [0.717, 1.165) is 5.56 Å². The van der Waals surface area contributed by atoms with Gasteiger partial charge < -0.3 is 25.4 Å². The minimum absolute atomic E-state index is 0.0353. The second-order valence-corrected chi connectivity index (χ2v) is 6.84. The van der Waals surface area contributed by atoms with Crippen LogP contribution < -0.4 is 15.4 Å². The standard InChI is InChI=1S/C21H22N2O7/c22-10-13-4-6-16(7-5-13)23-11-17(30-21(23)28)12-29-20-14(8-18(24)25)2-1-3-15(20)9-19(26)27/h1-7,17H,8-12,22H2,(H,24,25)(H,26,27). The first-order valence-corrected chi connectivity index (χ1v) is 9.31. The monoisotopic (exact) mass is 414 g/mol. The van der Waals surface area contributed by atoms with Crippen molar-refractivity contribution in [2.75, 3.05) is 18.1 Å². The molecule has 9 heteroatoms. The summed E-state index contributed by atoms with van der Waals surface area (Å²) < 4.78 is 11.1. The van der Waals surface area contributed by atoms with Crippen LogP contribution in [-0.2, 0) is 33.7 Å². The molecule has 0 aliphatic carbocycles. The van der Waals surface area contributed by atoms with E-state index < -0.39 is 24.1 Å². The Morgan fingerprint density at radius 2 is 1.67 bits per heavy atom. The summed E-state index contributed by atoms with van der Waals surface area (Å²) in [6.07, 6.45) is -1.74. The number of hydrogen-bond acceptors (Lipinski definition) is 6. The van der Waals surface area contributed by atoms with Gasteiger partial charge in [0.15, 0.2) is 6.10 Å². The molecule has 4 N–H and O–H groups in total. The summed E-state index contributed by atoms with van der Waals surface area (Å²) in [7, 11) is 0. The Morgan fingerprint density at radius 1 is 1.07 bits per heavy atom. The fourth-order valence-electron chi connectivity index (χ4n) is 3.24. The van der Waals surface area contributed by atoms with E-state index in [1.165, 1.54) is 4.90 Å². The number of para-hydroxylation sites is 1. The Labute approximate surface area is 172 Å². The van der Waals surface area contributed by atoms with Gasteiger partial charge in [0.1, 0.15) is 12.4 Å². The van der Waals surface area contributed by atoms with E-state index in [4.69, 9.17) is 25.4 Å². The SMILES string of the molecule is NCc1ccc(N2CC(COc3c(CC(=O)O)cccc3CC(=O)O)OC2=O)cc1. The van der Waals surface area contributed by atoms with Crippen LogP contribution in [0.2, 0.25) is 0 Å². The van der Waals surface area contributed by atoms with Gasteiger partial charge in [0.05, 0.1) is 19.4 Å². The molecule has 1 heterocycles. The summed E-state index contributed by atoms with van der Waals surface area (Å²) in [6.45, 7) is 0.609. The topological polar surface area (TPSA) is 139 Å². The lowest BCUT2D eigenvalue weighted by atomic mass is 10.0. The number of carbonyl (C=O) groups excluding carboxylic acids is 1. The van der Waals surface area contributed by atoms with Gasteiger partial charge in [-0.2, -0.15) is 0 Å². The Morgan fingerprint density at radius 3 is 2.20 bits per heavy atom. The van der Waals surface area contributed by atoms with Crippen LogP contribution in [0.5, 0.6) is 5.75 Å². The van der Waals surface area contributed by atoms with Crippen LogP contribution in [0.25, 0.3) is 0 Å². The molecular weight excluding hydrogens is 392 g/mol. The Bertz CT molecular complexity index is 909. The molecule has 1 amide bonds. The van der Waals surface area contributed by atoms with Gasteiger partial charge in [0, 0.05) is 23.4 Å². The minimum atomic E-state index is -1.06. The summed E-state index contributed by atoms with van der Waals surface area (Å²) in [5.41, 5.74) is 7.91. The molecule has 0 saturated carbocycles. The predicted octanol–water partition coefficient (Wildman–Crippen LogP) is 1.80. The third kappa shape index (κ3) is 5.06. The number of ether oxygens (including phenoxy) is 2. The van der Waals surface area contributed by atoms with Crippen LogP contribution in [0, 0.1) is 0 Å². The first-order chi connectivity index (χ1) is 14.4. The molecule has 1 atom stereocenters. The van der Waals surface area contributed by atoms with Gasteiger partial charge in [0.2, 0.25) is 0 Å². The molecule has 0 radical (unpaired) electrons. The number of hydrogen-bond donors (Lipinski definition) is 3. The summed E-state index contributed by atoms with van der Waals surface area (Å²) in [4.78, 5) is 36.0. The number of carboxylic acids is 2. The van der Waals surface area contributed by atoms with E-state index in [9.17, 15) is 14.4 Å². The van der Waals surface area contributed by atoms with Gasteiger partial charge in [-0.1, -0.05) is 30.3 Å². The molecule has 1 saturated heterocycles. The van der Waals surface area contributed by atoms with Crippen molar-refractivity contribution in [3.63, 3.8) is 0 Å². The molecule has 158 valence electrons. The van der Waals surface area contributed by atoms with Crippen molar-refractivity contribution >= 4 is 23.7 Å².